The molecule has 0 amide bonds. The second kappa shape index (κ2) is 5.80. The molecule has 0 radical (unpaired) electrons. The van der Waals surface area contributed by atoms with Crippen molar-refractivity contribution < 1.29 is 0 Å². The molecule has 90 valence electrons. The second-order valence-electron chi connectivity index (χ2n) is 4.01. The van der Waals surface area contributed by atoms with E-state index in [-0.39, 0.29) is 0 Å². The van der Waals surface area contributed by atoms with Crippen LogP contribution in [0.1, 0.15) is 17.4 Å². The lowest BCUT2D eigenvalue weighted by molar-refractivity contribution is 0.273. The molecule has 0 aliphatic carbocycles. The number of benzene rings is 1. The summed E-state index contributed by atoms with van der Waals surface area (Å²) in [7, 11) is 0. The van der Waals surface area contributed by atoms with Gasteiger partial charge in [-0.25, -0.2) is 0 Å². The Morgan fingerprint density at radius 3 is 2.59 bits per heavy atom. The molecule has 2 N–H and O–H groups in total. The van der Waals surface area contributed by atoms with Crippen LogP contribution in [0.2, 0.25) is 0 Å². The Hall–Kier alpha value is -1.39. The van der Waals surface area contributed by atoms with Crippen molar-refractivity contribution in [3.63, 3.8) is 0 Å². The van der Waals surface area contributed by atoms with E-state index < -0.39 is 0 Å². The van der Waals surface area contributed by atoms with Crippen molar-refractivity contribution >= 4 is 17.0 Å². The first-order valence-corrected chi connectivity index (χ1v) is 6.60. The summed E-state index contributed by atoms with van der Waals surface area (Å²) in [5.74, 6) is 0. The Morgan fingerprint density at radius 1 is 1.24 bits per heavy atom. The van der Waals surface area contributed by atoms with Gasteiger partial charge in [0.2, 0.25) is 0 Å². The van der Waals surface area contributed by atoms with E-state index in [1.165, 1.54) is 10.4 Å². The number of nitrogen functional groups attached to an aromatic ring is 1. The van der Waals surface area contributed by atoms with Gasteiger partial charge in [0.25, 0.3) is 0 Å². The standard InChI is InChI=1S/C13H17N3S/c1-2-16(9-13-7-15-10-17-13)8-11-3-5-12(14)6-4-11/h3-7,10H,2,8-9,14H2,1H3. The highest BCUT2D eigenvalue weighted by atomic mass is 32.1. The maximum atomic E-state index is 5.68. The number of nitrogens with two attached hydrogens (primary N) is 1. The summed E-state index contributed by atoms with van der Waals surface area (Å²) in [6, 6.07) is 8.08. The molecule has 0 spiro atoms. The third-order valence-corrected chi connectivity index (χ3v) is 3.46. The van der Waals surface area contributed by atoms with Crippen LogP contribution in [0.4, 0.5) is 5.69 Å². The number of anilines is 1. The lowest BCUT2D eigenvalue weighted by Gasteiger charge is -2.19. The summed E-state index contributed by atoms with van der Waals surface area (Å²) in [5, 5.41) is 0. The Balaban J connectivity index is 1.97. The number of aromatic nitrogens is 1. The van der Waals surface area contributed by atoms with Gasteiger partial charge >= 0.3 is 0 Å². The Kier molecular flexibility index (Phi) is 4.12. The maximum absolute atomic E-state index is 5.68. The first kappa shape index (κ1) is 12.1. The SMILES string of the molecule is CCN(Cc1ccc(N)cc1)Cc1cncs1. The summed E-state index contributed by atoms with van der Waals surface area (Å²) in [4.78, 5) is 7.80. The van der Waals surface area contributed by atoms with Gasteiger partial charge in [-0.3, -0.25) is 9.88 Å². The largest absolute Gasteiger partial charge is 0.399 e. The minimum Gasteiger partial charge on any atom is -0.399 e. The zero-order valence-electron chi connectivity index (χ0n) is 9.97. The quantitative estimate of drug-likeness (QED) is 0.826. The first-order chi connectivity index (χ1) is 8.28. The number of nitrogens with zero attached hydrogens (tertiary/aromatic N) is 2. The molecule has 0 saturated heterocycles. The van der Waals surface area contributed by atoms with Crippen molar-refractivity contribution in [2.75, 3.05) is 12.3 Å². The van der Waals surface area contributed by atoms with Crippen LogP contribution in [-0.4, -0.2) is 16.4 Å². The lowest BCUT2D eigenvalue weighted by atomic mass is 10.2. The molecular formula is C13H17N3S. The van der Waals surface area contributed by atoms with Gasteiger partial charge in [-0.05, 0) is 24.2 Å². The van der Waals surface area contributed by atoms with Gasteiger partial charge in [0, 0.05) is 29.9 Å². The number of hydrogen-bond donors (Lipinski definition) is 1. The molecule has 0 aliphatic rings. The third-order valence-electron chi connectivity index (χ3n) is 2.70. The van der Waals surface area contributed by atoms with Crippen molar-refractivity contribution in [1.82, 2.24) is 9.88 Å². The van der Waals surface area contributed by atoms with Gasteiger partial charge < -0.3 is 5.73 Å². The van der Waals surface area contributed by atoms with E-state index in [0.717, 1.165) is 25.3 Å². The van der Waals surface area contributed by atoms with Crippen molar-refractivity contribution in [1.29, 1.82) is 0 Å². The van der Waals surface area contributed by atoms with Gasteiger partial charge in [-0.15, -0.1) is 11.3 Å². The average Bonchev–Trinajstić information content (AvgIpc) is 2.84. The van der Waals surface area contributed by atoms with Crippen molar-refractivity contribution in [2.45, 2.75) is 20.0 Å². The minimum absolute atomic E-state index is 0.819. The zero-order chi connectivity index (χ0) is 12.1. The summed E-state index contributed by atoms with van der Waals surface area (Å²) in [6.45, 7) is 5.13. The van der Waals surface area contributed by atoms with Crippen LogP contribution < -0.4 is 5.73 Å². The molecule has 4 heteroatoms. The Labute approximate surface area is 106 Å². The molecule has 0 unspecified atom stereocenters. The predicted octanol–water partition coefficient (Wildman–Crippen LogP) is 2.75. The van der Waals surface area contributed by atoms with Crippen LogP contribution in [0, 0.1) is 0 Å². The van der Waals surface area contributed by atoms with Gasteiger partial charge in [-0.1, -0.05) is 19.1 Å². The van der Waals surface area contributed by atoms with E-state index in [4.69, 9.17) is 5.73 Å². The van der Waals surface area contributed by atoms with E-state index in [9.17, 15) is 0 Å². The van der Waals surface area contributed by atoms with E-state index in [1.807, 2.05) is 23.8 Å². The highest BCUT2D eigenvalue weighted by molar-refractivity contribution is 7.09. The molecule has 3 nitrogen and oxygen atoms in total. The van der Waals surface area contributed by atoms with Crippen LogP contribution in [0.15, 0.2) is 36.0 Å². The molecule has 17 heavy (non-hydrogen) atoms. The summed E-state index contributed by atoms with van der Waals surface area (Å²) in [5.41, 5.74) is 9.68. The predicted molar refractivity (Wildman–Crippen MR) is 72.8 cm³/mol. The molecule has 0 aliphatic heterocycles. The minimum atomic E-state index is 0.819. The third kappa shape index (κ3) is 3.54. The molecule has 1 aromatic carbocycles. The summed E-state index contributed by atoms with van der Waals surface area (Å²) < 4.78 is 0. The van der Waals surface area contributed by atoms with E-state index in [0.29, 0.717) is 0 Å². The zero-order valence-corrected chi connectivity index (χ0v) is 10.8. The normalized spacial score (nSPS) is 10.9. The van der Waals surface area contributed by atoms with Gasteiger partial charge in [0.15, 0.2) is 0 Å². The van der Waals surface area contributed by atoms with Crippen LogP contribution in [0.3, 0.4) is 0 Å². The van der Waals surface area contributed by atoms with Crippen LogP contribution >= 0.6 is 11.3 Å². The van der Waals surface area contributed by atoms with Gasteiger partial charge in [0.1, 0.15) is 0 Å². The fourth-order valence-corrected chi connectivity index (χ4v) is 2.34. The first-order valence-electron chi connectivity index (χ1n) is 5.72. The van der Waals surface area contributed by atoms with Crippen LogP contribution in [0.5, 0.6) is 0 Å². The number of rotatable bonds is 5. The molecule has 0 atom stereocenters. The highest BCUT2D eigenvalue weighted by Gasteiger charge is 2.05. The molecular weight excluding hydrogens is 230 g/mol. The molecule has 2 aromatic rings. The topological polar surface area (TPSA) is 42.1 Å². The summed E-state index contributed by atoms with van der Waals surface area (Å²) >= 11 is 1.71. The van der Waals surface area contributed by atoms with E-state index >= 15 is 0 Å². The Bertz CT molecular complexity index is 436. The monoisotopic (exact) mass is 247 g/mol. The molecule has 1 aromatic heterocycles. The molecule has 0 fully saturated rings. The van der Waals surface area contributed by atoms with Crippen LogP contribution in [-0.2, 0) is 13.1 Å². The van der Waals surface area contributed by atoms with E-state index in [1.54, 1.807) is 11.3 Å². The number of hydrogen-bond acceptors (Lipinski definition) is 4. The maximum Gasteiger partial charge on any atom is 0.0794 e. The van der Waals surface area contributed by atoms with Crippen molar-refractivity contribution in [3.05, 3.63) is 46.4 Å². The molecule has 0 saturated carbocycles. The van der Waals surface area contributed by atoms with Crippen molar-refractivity contribution in [2.24, 2.45) is 0 Å². The Morgan fingerprint density at radius 2 is 2.00 bits per heavy atom. The second-order valence-corrected chi connectivity index (χ2v) is 4.98. The molecule has 1 heterocycles. The van der Waals surface area contributed by atoms with Gasteiger partial charge in [0.05, 0.1) is 5.51 Å². The lowest BCUT2D eigenvalue weighted by Crippen LogP contribution is -2.21. The smallest absolute Gasteiger partial charge is 0.0794 e. The fraction of sp³-hybridized carbons (Fsp3) is 0.308. The van der Waals surface area contributed by atoms with Crippen LogP contribution in [0.25, 0.3) is 0 Å². The average molecular weight is 247 g/mol. The number of thiazole rings is 1. The molecule has 2 rings (SSSR count). The van der Waals surface area contributed by atoms with Crippen molar-refractivity contribution in [3.8, 4) is 0 Å². The van der Waals surface area contributed by atoms with E-state index in [2.05, 4.69) is 28.9 Å². The highest BCUT2D eigenvalue weighted by Crippen LogP contribution is 2.13. The van der Waals surface area contributed by atoms with Gasteiger partial charge in [-0.2, -0.15) is 0 Å². The molecule has 0 bridgehead atoms. The fourth-order valence-electron chi connectivity index (χ4n) is 1.70. The summed E-state index contributed by atoms with van der Waals surface area (Å²) in [6.07, 6.45) is 1.94.